The lowest BCUT2D eigenvalue weighted by Gasteiger charge is -2.31. The minimum absolute atomic E-state index is 0.251. The summed E-state index contributed by atoms with van der Waals surface area (Å²) in [7, 11) is 1.43. The van der Waals surface area contributed by atoms with Crippen molar-refractivity contribution in [1.29, 1.82) is 0 Å². The number of fused-ring (bicyclic) bond motifs is 1. The SMILES string of the molecule is CCCCN1CCCc2ccc(C(=O)OC)cc21. The van der Waals surface area contributed by atoms with Crippen molar-refractivity contribution in [3.63, 3.8) is 0 Å². The molecular weight excluding hydrogens is 226 g/mol. The first kappa shape index (κ1) is 12.9. The van der Waals surface area contributed by atoms with E-state index >= 15 is 0 Å². The monoisotopic (exact) mass is 247 g/mol. The quantitative estimate of drug-likeness (QED) is 0.766. The molecule has 3 heteroatoms. The van der Waals surface area contributed by atoms with Gasteiger partial charge in [0, 0.05) is 18.8 Å². The normalized spacial score (nSPS) is 14.2. The Morgan fingerprint density at radius 1 is 1.44 bits per heavy atom. The molecule has 0 bridgehead atoms. The second-order valence-corrected chi connectivity index (χ2v) is 4.78. The standard InChI is InChI=1S/C15H21NO2/c1-3-4-9-16-10-5-6-12-7-8-13(11-14(12)16)15(17)18-2/h7-8,11H,3-6,9-10H2,1-2H3. The third-order valence-electron chi connectivity index (χ3n) is 3.50. The molecule has 98 valence electrons. The molecule has 0 spiro atoms. The first-order valence-electron chi connectivity index (χ1n) is 6.72. The Hall–Kier alpha value is -1.51. The van der Waals surface area contributed by atoms with Gasteiger partial charge in [-0.1, -0.05) is 19.4 Å². The van der Waals surface area contributed by atoms with Crippen LogP contribution in [0, 0.1) is 0 Å². The molecule has 0 N–H and O–H groups in total. The van der Waals surface area contributed by atoms with Crippen LogP contribution in [0.2, 0.25) is 0 Å². The Morgan fingerprint density at radius 2 is 2.28 bits per heavy atom. The van der Waals surface area contributed by atoms with Gasteiger partial charge < -0.3 is 9.64 Å². The van der Waals surface area contributed by atoms with Gasteiger partial charge in [0.05, 0.1) is 12.7 Å². The lowest BCUT2D eigenvalue weighted by Crippen LogP contribution is -2.30. The zero-order valence-electron chi connectivity index (χ0n) is 11.2. The van der Waals surface area contributed by atoms with Crippen LogP contribution >= 0.6 is 0 Å². The average molecular weight is 247 g/mol. The highest BCUT2D eigenvalue weighted by atomic mass is 16.5. The van der Waals surface area contributed by atoms with Gasteiger partial charge in [0.25, 0.3) is 0 Å². The molecule has 1 aliphatic rings. The van der Waals surface area contributed by atoms with Crippen LogP contribution in [-0.2, 0) is 11.2 Å². The number of unbranched alkanes of at least 4 members (excludes halogenated alkanes) is 1. The fourth-order valence-electron chi connectivity index (χ4n) is 2.48. The smallest absolute Gasteiger partial charge is 0.337 e. The highest BCUT2D eigenvalue weighted by Gasteiger charge is 2.18. The summed E-state index contributed by atoms with van der Waals surface area (Å²) in [5.74, 6) is -0.251. The lowest BCUT2D eigenvalue weighted by molar-refractivity contribution is 0.0600. The molecule has 0 aromatic heterocycles. The van der Waals surface area contributed by atoms with E-state index in [4.69, 9.17) is 4.74 Å². The second-order valence-electron chi connectivity index (χ2n) is 4.78. The van der Waals surface area contributed by atoms with Crippen LogP contribution < -0.4 is 4.90 Å². The number of aryl methyl sites for hydroxylation is 1. The third kappa shape index (κ3) is 2.66. The van der Waals surface area contributed by atoms with Crippen LogP contribution in [0.1, 0.15) is 42.1 Å². The van der Waals surface area contributed by atoms with E-state index < -0.39 is 0 Å². The van der Waals surface area contributed by atoms with Gasteiger partial charge in [-0.15, -0.1) is 0 Å². The molecule has 0 radical (unpaired) electrons. The van der Waals surface area contributed by atoms with Gasteiger partial charge in [0.1, 0.15) is 0 Å². The van der Waals surface area contributed by atoms with E-state index in [1.54, 1.807) is 0 Å². The van der Waals surface area contributed by atoms with Gasteiger partial charge in [-0.25, -0.2) is 4.79 Å². The first-order valence-corrected chi connectivity index (χ1v) is 6.72. The van der Waals surface area contributed by atoms with E-state index in [1.165, 1.54) is 37.6 Å². The highest BCUT2D eigenvalue weighted by Crippen LogP contribution is 2.28. The van der Waals surface area contributed by atoms with Crippen LogP contribution in [0.25, 0.3) is 0 Å². The minimum atomic E-state index is -0.251. The highest BCUT2D eigenvalue weighted by molar-refractivity contribution is 5.90. The number of esters is 1. The Labute approximate surface area is 109 Å². The van der Waals surface area contributed by atoms with Crippen molar-refractivity contribution in [3.05, 3.63) is 29.3 Å². The van der Waals surface area contributed by atoms with Crippen molar-refractivity contribution in [2.24, 2.45) is 0 Å². The van der Waals surface area contributed by atoms with Crippen LogP contribution in [0.4, 0.5) is 5.69 Å². The Morgan fingerprint density at radius 3 is 3.00 bits per heavy atom. The molecule has 0 saturated carbocycles. The molecule has 1 aromatic carbocycles. The number of nitrogens with zero attached hydrogens (tertiary/aromatic N) is 1. The van der Waals surface area contributed by atoms with Crippen molar-refractivity contribution >= 4 is 11.7 Å². The number of benzene rings is 1. The molecular formula is C15H21NO2. The average Bonchev–Trinajstić information content (AvgIpc) is 2.43. The zero-order chi connectivity index (χ0) is 13.0. The van der Waals surface area contributed by atoms with E-state index in [2.05, 4.69) is 17.9 Å². The summed E-state index contributed by atoms with van der Waals surface area (Å²) >= 11 is 0. The summed E-state index contributed by atoms with van der Waals surface area (Å²) < 4.78 is 4.79. The first-order chi connectivity index (χ1) is 8.76. The molecule has 3 nitrogen and oxygen atoms in total. The van der Waals surface area contributed by atoms with E-state index in [0.717, 1.165) is 19.5 Å². The Balaban J connectivity index is 2.26. The summed E-state index contributed by atoms with van der Waals surface area (Å²) in [4.78, 5) is 14.0. The van der Waals surface area contributed by atoms with Crippen LogP contribution in [-0.4, -0.2) is 26.2 Å². The molecule has 2 rings (SSSR count). The Kier molecular flexibility index (Phi) is 4.24. The molecule has 18 heavy (non-hydrogen) atoms. The number of carbonyl (C=O) groups is 1. The summed E-state index contributed by atoms with van der Waals surface area (Å²) in [5, 5.41) is 0. The number of hydrogen-bond acceptors (Lipinski definition) is 3. The van der Waals surface area contributed by atoms with Crippen molar-refractivity contribution in [2.75, 3.05) is 25.1 Å². The molecule has 0 fully saturated rings. The fraction of sp³-hybridized carbons (Fsp3) is 0.533. The van der Waals surface area contributed by atoms with Crippen molar-refractivity contribution < 1.29 is 9.53 Å². The molecule has 0 aliphatic carbocycles. The van der Waals surface area contributed by atoms with Gasteiger partial charge in [-0.05, 0) is 37.0 Å². The number of rotatable bonds is 4. The maximum Gasteiger partial charge on any atom is 0.337 e. The topological polar surface area (TPSA) is 29.5 Å². The number of hydrogen-bond donors (Lipinski definition) is 0. The molecule has 0 atom stereocenters. The predicted molar refractivity (Wildman–Crippen MR) is 73.2 cm³/mol. The van der Waals surface area contributed by atoms with E-state index in [0.29, 0.717) is 5.56 Å². The van der Waals surface area contributed by atoms with Crippen LogP contribution in [0.15, 0.2) is 18.2 Å². The maximum absolute atomic E-state index is 11.6. The molecule has 0 amide bonds. The summed E-state index contributed by atoms with van der Waals surface area (Å²) in [6.45, 7) is 4.38. The molecule has 0 unspecified atom stereocenters. The van der Waals surface area contributed by atoms with E-state index in [9.17, 15) is 4.79 Å². The van der Waals surface area contributed by atoms with Gasteiger partial charge >= 0.3 is 5.97 Å². The third-order valence-corrected chi connectivity index (χ3v) is 3.50. The van der Waals surface area contributed by atoms with E-state index in [1.807, 2.05) is 12.1 Å². The van der Waals surface area contributed by atoms with Crippen LogP contribution in [0.3, 0.4) is 0 Å². The zero-order valence-corrected chi connectivity index (χ0v) is 11.2. The van der Waals surface area contributed by atoms with Gasteiger partial charge in [-0.3, -0.25) is 0 Å². The van der Waals surface area contributed by atoms with Crippen LogP contribution in [0.5, 0.6) is 0 Å². The minimum Gasteiger partial charge on any atom is -0.465 e. The number of methoxy groups -OCH3 is 1. The molecule has 1 aromatic rings. The molecule has 1 aliphatic heterocycles. The van der Waals surface area contributed by atoms with Gasteiger partial charge in [-0.2, -0.15) is 0 Å². The van der Waals surface area contributed by atoms with E-state index in [-0.39, 0.29) is 5.97 Å². The largest absolute Gasteiger partial charge is 0.465 e. The molecule has 1 heterocycles. The number of carbonyl (C=O) groups excluding carboxylic acids is 1. The summed E-state index contributed by atoms with van der Waals surface area (Å²) in [6.07, 6.45) is 4.71. The number of anilines is 1. The second kappa shape index (κ2) is 5.89. The predicted octanol–water partition coefficient (Wildman–Crippen LogP) is 3.03. The lowest BCUT2D eigenvalue weighted by atomic mass is 9.99. The van der Waals surface area contributed by atoms with Crippen molar-refractivity contribution in [3.8, 4) is 0 Å². The molecule has 0 saturated heterocycles. The maximum atomic E-state index is 11.6. The Bertz CT molecular complexity index is 429. The number of ether oxygens (including phenoxy) is 1. The van der Waals surface area contributed by atoms with Crippen molar-refractivity contribution in [2.45, 2.75) is 32.6 Å². The summed E-state index contributed by atoms with van der Waals surface area (Å²) in [6, 6.07) is 5.92. The fourth-order valence-corrected chi connectivity index (χ4v) is 2.48. The summed E-state index contributed by atoms with van der Waals surface area (Å²) in [5.41, 5.74) is 3.22. The van der Waals surface area contributed by atoms with Gasteiger partial charge in [0.15, 0.2) is 0 Å². The van der Waals surface area contributed by atoms with Gasteiger partial charge in [0.2, 0.25) is 0 Å². The van der Waals surface area contributed by atoms with Crippen molar-refractivity contribution in [1.82, 2.24) is 0 Å².